The standard InChI is InChI=1S/C19H13F9/c20-17(21,22)14-9-8-13(15(18(23,24)25)16(14)19(26,27)28)12-7-3-5-10-4-1-2-6-11(10)12/h1-2,4,6,8-9,12H,3,5,7H2. The van der Waals surface area contributed by atoms with Gasteiger partial charge in [-0.25, -0.2) is 0 Å². The number of halogens is 9. The Hall–Kier alpha value is -2.19. The summed E-state index contributed by atoms with van der Waals surface area (Å²) in [6, 6.07) is 6.99. The molecule has 1 atom stereocenters. The Kier molecular flexibility index (Phi) is 4.92. The molecule has 9 heteroatoms. The van der Waals surface area contributed by atoms with Gasteiger partial charge in [-0.1, -0.05) is 30.3 Å². The summed E-state index contributed by atoms with van der Waals surface area (Å²) in [5.74, 6) is -1.06. The maximum atomic E-state index is 13.7. The molecule has 2 aromatic rings. The van der Waals surface area contributed by atoms with Crippen molar-refractivity contribution in [3.8, 4) is 0 Å². The molecule has 152 valence electrons. The van der Waals surface area contributed by atoms with Crippen molar-refractivity contribution in [1.82, 2.24) is 0 Å². The molecule has 0 fully saturated rings. The summed E-state index contributed by atoms with van der Waals surface area (Å²) in [5.41, 5.74) is -6.95. The molecule has 0 saturated heterocycles. The van der Waals surface area contributed by atoms with Crippen molar-refractivity contribution >= 4 is 0 Å². The van der Waals surface area contributed by atoms with Crippen molar-refractivity contribution in [2.45, 2.75) is 43.7 Å². The van der Waals surface area contributed by atoms with E-state index in [1.54, 1.807) is 18.2 Å². The van der Waals surface area contributed by atoms with Gasteiger partial charge in [-0.15, -0.1) is 0 Å². The van der Waals surface area contributed by atoms with E-state index in [2.05, 4.69) is 0 Å². The van der Waals surface area contributed by atoms with Gasteiger partial charge in [0.05, 0.1) is 16.7 Å². The van der Waals surface area contributed by atoms with Crippen LogP contribution in [0.4, 0.5) is 39.5 Å². The molecule has 0 radical (unpaired) electrons. The van der Waals surface area contributed by atoms with Gasteiger partial charge in [-0.05, 0) is 42.0 Å². The van der Waals surface area contributed by atoms with Crippen LogP contribution in [0.2, 0.25) is 0 Å². The van der Waals surface area contributed by atoms with Crippen molar-refractivity contribution in [2.24, 2.45) is 0 Å². The number of alkyl halides is 9. The highest BCUT2D eigenvalue weighted by molar-refractivity contribution is 5.51. The Labute approximate surface area is 154 Å². The molecule has 0 spiro atoms. The molecule has 28 heavy (non-hydrogen) atoms. The average Bonchev–Trinajstić information content (AvgIpc) is 2.57. The van der Waals surface area contributed by atoms with E-state index in [0.717, 1.165) is 0 Å². The largest absolute Gasteiger partial charge is 0.417 e. The van der Waals surface area contributed by atoms with Gasteiger partial charge in [0.1, 0.15) is 0 Å². The Morgan fingerprint density at radius 1 is 0.643 bits per heavy atom. The number of hydrogen-bond acceptors (Lipinski definition) is 0. The Balaban J connectivity index is 2.36. The lowest BCUT2D eigenvalue weighted by Gasteiger charge is -2.30. The third kappa shape index (κ3) is 3.71. The van der Waals surface area contributed by atoms with Crippen LogP contribution < -0.4 is 0 Å². The van der Waals surface area contributed by atoms with Crippen LogP contribution in [-0.2, 0) is 24.9 Å². The minimum atomic E-state index is -5.82. The molecule has 0 bridgehead atoms. The SMILES string of the molecule is FC(F)(F)c1ccc(C2CCCc3ccccc32)c(C(F)(F)F)c1C(F)(F)F. The fourth-order valence-electron chi connectivity index (χ4n) is 3.82. The van der Waals surface area contributed by atoms with E-state index in [1.807, 2.05) is 0 Å². The molecule has 2 aromatic carbocycles. The predicted molar refractivity (Wildman–Crippen MR) is 82.7 cm³/mol. The third-order valence-electron chi connectivity index (χ3n) is 4.85. The first kappa shape index (κ1) is 20.5. The van der Waals surface area contributed by atoms with Crippen molar-refractivity contribution in [2.75, 3.05) is 0 Å². The van der Waals surface area contributed by atoms with Crippen LogP contribution in [0.1, 0.15) is 52.1 Å². The van der Waals surface area contributed by atoms with Gasteiger partial charge < -0.3 is 0 Å². The molecule has 0 amide bonds. The maximum Gasteiger partial charge on any atom is 0.417 e. The van der Waals surface area contributed by atoms with E-state index in [4.69, 9.17) is 0 Å². The molecular formula is C19H13F9. The van der Waals surface area contributed by atoms with E-state index < -0.39 is 46.7 Å². The predicted octanol–water partition coefficient (Wildman–Crippen LogP) is 7.21. The third-order valence-corrected chi connectivity index (χ3v) is 4.85. The van der Waals surface area contributed by atoms with Gasteiger partial charge in [-0.2, -0.15) is 39.5 Å². The molecule has 3 rings (SSSR count). The lowest BCUT2D eigenvalue weighted by Crippen LogP contribution is -2.26. The summed E-state index contributed by atoms with van der Waals surface area (Å²) < 4.78 is 121. The molecule has 0 saturated carbocycles. The summed E-state index contributed by atoms with van der Waals surface area (Å²) in [5, 5.41) is 0. The summed E-state index contributed by atoms with van der Waals surface area (Å²) in [6.45, 7) is 0. The van der Waals surface area contributed by atoms with E-state index >= 15 is 0 Å². The summed E-state index contributed by atoms with van der Waals surface area (Å²) in [4.78, 5) is 0. The van der Waals surface area contributed by atoms with Gasteiger partial charge in [0.2, 0.25) is 0 Å². The second-order valence-electron chi connectivity index (χ2n) is 6.59. The van der Waals surface area contributed by atoms with Crippen molar-refractivity contribution < 1.29 is 39.5 Å². The first-order valence-corrected chi connectivity index (χ1v) is 8.28. The molecule has 0 heterocycles. The molecule has 0 nitrogen and oxygen atoms in total. The number of benzene rings is 2. The number of aryl methyl sites for hydroxylation is 1. The number of hydrogen-bond donors (Lipinski definition) is 0. The highest BCUT2D eigenvalue weighted by atomic mass is 19.4. The molecule has 1 aliphatic rings. The van der Waals surface area contributed by atoms with E-state index in [-0.39, 0.29) is 12.5 Å². The Morgan fingerprint density at radius 3 is 1.82 bits per heavy atom. The zero-order chi connectivity index (χ0) is 20.9. The molecular weight excluding hydrogens is 399 g/mol. The van der Waals surface area contributed by atoms with Crippen molar-refractivity contribution in [3.05, 3.63) is 69.8 Å². The molecule has 1 unspecified atom stereocenters. The average molecular weight is 412 g/mol. The van der Waals surface area contributed by atoms with Gasteiger partial charge in [0.25, 0.3) is 0 Å². The quantitative estimate of drug-likeness (QED) is 0.434. The van der Waals surface area contributed by atoms with Crippen molar-refractivity contribution in [3.63, 3.8) is 0 Å². The zero-order valence-corrected chi connectivity index (χ0v) is 14.1. The van der Waals surface area contributed by atoms with E-state index in [1.165, 1.54) is 6.07 Å². The number of rotatable bonds is 1. The lowest BCUT2D eigenvalue weighted by molar-refractivity contribution is -0.175. The molecule has 1 aliphatic carbocycles. The van der Waals surface area contributed by atoms with Gasteiger partial charge in [0.15, 0.2) is 0 Å². The fourth-order valence-corrected chi connectivity index (χ4v) is 3.82. The van der Waals surface area contributed by atoms with Crippen LogP contribution in [0, 0.1) is 0 Å². The normalized spacial score (nSPS) is 18.1. The minimum absolute atomic E-state index is 0.102. The highest BCUT2D eigenvalue weighted by Crippen LogP contribution is 2.51. The summed E-state index contributed by atoms with van der Waals surface area (Å²) in [6.07, 6.45) is -15.9. The highest BCUT2D eigenvalue weighted by Gasteiger charge is 2.52. The Morgan fingerprint density at radius 2 is 1.25 bits per heavy atom. The van der Waals surface area contributed by atoms with Gasteiger partial charge in [0, 0.05) is 5.92 Å². The second-order valence-corrected chi connectivity index (χ2v) is 6.59. The maximum absolute atomic E-state index is 13.7. The topological polar surface area (TPSA) is 0 Å². The molecule has 0 aliphatic heterocycles. The van der Waals surface area contributed by atoms with Crippen LogP contribution >= 0.6 is 0 Å². The van der Waals surface area contributed by atoms with Gasteiger partial charge >= 0.3 is 18.5 Å². The Bertz CT molecular complexity index is 872. The minimum Gasteiger partial charge on any atom is -0.166 e. The fraction of sp³-hybridized carbons (Fsp3) is 0.368. The van der Waals surface area contributed by atoms with Crippen LogP contribution in [0.3, 0.4) is 0 Å². The monoisotopic (exact) mass is 412 g/mol. The van der Waals surface area contributed by atoms with Crippen LogP contribution in [0.5, 0.6) is 0 Å². The van der Waals surface area contributed by atoms with Crippen LogP contribution in [-0.4, -0.2) is 0 Å². The van der Waals surface area contributed by atoms with Crippen LogP contribution in [0.25, 0.3) is 0 Å². The lowest BCUT2D eigenvalue weighted by atomic mass is 9.76. The zero-order valence-electron chi connectivity index (χ0n) is 14.1. The molecule has 0 aromatic heterocycles. The second kappa shape index (κ2) is 6.70. The van der Waals surface area contributed by atoms with E-state index in [0.29, 0.717) is 30.0 Å². The summed E-state index contributed by atoms with van der Waals surface area (Å²) >= 11 is 0. The number of fused-ring (bicyclic) bond motifs is 1. The first-order valence-electron chi connectivity index (χ1n) is 8.28. The van der Waals surface area contributed by atoms with Crippen LogP contribution in [0.15, 0.2) is 36.4 Å². The van der Waals surface area contributed by atoms with Gasteiger partial charge in [-0.3, -0.25) is 0 Å². The van der Waals surface area contributed by atoms with Crippen molar-refractivity contribution in [1.29, 1.82) is 0 Å². The summed E-state index contributed by atoms with van der Waals surface area (Å²) in [7, 11) is 0. The molecule has 0 N–H and O–H groups in total. The van der Waals surface area contributed by atoms with E-state index in [9.17, 15) is 39.5 Å². The first-order chi connectivity index (χ1) is 12.8. The smallest absolute Gasteiger partial charge is 0.166 e.